The highest BCUT2D eigenvalue weighted by atomic mass is 79.9. The summed E-state index contributed by atoms with van der Waals surface area (Å²) in [5.74, 6) is -0.685. The van der Waals surface area contributed by atoms with Crippen LogP contribution >= 0.6 is 39.1 Å². The molecule has 0 heterocycles. The maximum absolute atomic E-state index is 12.5. The van der Waals surface area contributed by atoms with E-state index in [2.05, 4.69) is 26.6 Å². The van der Waals surface area contributed by atoms with Crippen molar-refractivity contribution in [2.75, 3.05) is 10.6 Å². The Bertz CT molecular complexity index is 1020. The van der Waals surface area contributed by atoms with Crippen LogP contribution in [-0.4, -0.2) is 11.8 Å². The summed E-state index contributed by atoms with van der Waals surface area (Å²) in [6.45, 7) is 0. The second kappa shape index (κ2) is 8.57. The number of hydrogen-bond donors (Lipinski definition) is 2. The van der Waals surface area contributed by atoms with Crippen molar-refractivity contribution >= 4 is 62.3 Å². The van der Waals surface area contributed by atoms with Gasteiger partial charge in [-0.25, -0.2) is 0 Å². The zero-order valence-corrected chi connectivity index (χ0v) is 16.9. The van der Waals surface area contributed by atoms with Gasteiger partial charge in [-0.05, 0) is 48.5 Å². The Morgan fingerprint density at radius 1 is 0.704 bits per heavy atom. The minimum absolute atomic E-state index is 0.334. The molecule has 0 aliphatic carbocycles. The highest BCUT2D eigenvalue weighted by molar-refractivity contribution is 9.10. The van der Waals surface area contributed by atoms with Crippen LogP contribution in [0.3, 0.4) is 0 Å². The minimum atomic E-state index is -0.351. The fourth-order valence-electron chi connectivity index (χ4n) is 2.39. The molecule has 0 aromatic heterocycles. The molecule has 0 saturated carbocycles. The van der Waals surface area contributed by atoms with Gasteiger partial charge in [-0.3, -0.25) is 9.59 Å². The minimum Gasteiger partial charge on any atom is -0.322 e. The Morgan fingerprint density at radius 2 is 1.30 bits per heavy atom. The first-order valence-corrected chi connectivity index (χ1v) is 9.41. The van der Waals surface area contributed by atoms with E-state index in [1.54, 1.807) is 66.7 Å². The first kappa shape index (κ1) is 19.4. The molecule has 0 radical (unpaired) electrons. The summed E-state index contributed by atoms with van der Waals surface area (Å²) < 4.78 is 0.748. The predicted octanol–water partition coefficient (Wildman–Crippen LogP) is 6.26. The highest BCUT2D eigenvalue weighted by Crippen LogP contribution is 2.23. The quantitative estimate of drug-likeness (QED) is 0.479. The largest absolute Gasteiger partial charge is 0.322 e. The molecule has 2 N–H and O–H groups in total. The Kier molecular flexibility index (Phi) is 6.16. The fraction of sp³-hybridized carbons (Fsp3) is 0. The molecule has 4 nitrogen and oxygen atoms in total. The summed E-state index contributed by atoms with van der Waals surface area (Å²) in [5.41, 5.74) is 1.76. The molecule has 0 atom stereocenters. The van der Waals surface area contributed by atoms with Crippen molar-refractivity contribution in [3.8, 4) is 0 Å². The van der Waals surface area contributed by atoms with Crippen molar-refractivity contribution < 1.29 is 9.59 Å². The zero-order chi connectivity index (χ0) is 19.4. The molecule has 0 fully saturated rings. The standard InChI is InChI=1S/C20H13BrCl2N2O2/c21-12-8-9-18(23)16(10-12)20(27)25-14-5-3-4-13(11-14)24-19(26)15-6-1-2-7-17(15)22/h1-11H,(H,24,26)(H,25,27). The molecule has 2 amide bonds. The average molecular weight is 464 g/mol. The van der Waals surface area contributed by atoms with Gasteiger partial charge in [0, 0.05) is 15.8 Å². The summed E-state index contributed by atoms with van der Waals surface area (Å²) in [6, 6.07) is 18.6. The molecule has 27 heavy (non-hydrogen) atoms. The maximum atomic E-state index is 12.5. The first-order valence-electron chi connectivity index (χ1n) is 7.86. The molecule has 136 valence electrons. The van der Waals surface area contributed by atoms with Crippen molar-refractivity contribution in [1.82, 2.24) is 0 Å². The van der Waals surface area contributed by atoms with E-state index in [1.807, 2.05) is 0 Å². The topological polar surface area (TPSA) is 58.2 Å². The first-order chi connectivity index (χ1) is 12.9. The van der Waals surface area contributed by atoms with Crippen LogP contribution in [0.1, 0.15) is 20.7 Å². The number of amides is 2. The number of hydrogen-bond acceptors (Lipinski definition) is 2. The van der Waals surface area contributed by atoms with Gasteiger partial charge in [0.2, 0.25) is 0 Å². The monoisotopic (exact) mass is 462 g/mol. The third kappa shape index (κ3) is 4.89. The second-order valence-corrected chi connectivity index (χ2v) is 7.32. The number of carbonyl (C=O) groups excluding carboxylic acids is 2. The molecule has 0 spiro atoms. The van der Waals surface area contributed by atoms with Crippen LogP contribution in [-0.2, 0) is 0 Å². The van der Waals surface area contributed by atoms with Crippen LogP contribution in [0.2, 0.25) is 10.0 Å². The van der Waals surface area contributed by atoms with Crippen LogP contribution in [0.4, 0.5) is 11.4 Å². The van der Waals surface area contributed by atoms with E-state index in [9.17, 15) is 9.59 Å². The van der Waals surface area contributed by atoms with E-state index in [-0.39, 0.29) is 11.8 Å². The summed E-state index contributed by atoms with van der Waals surface area (Å²) in [7, 11) is 0. The van der Waals surface area contributed by atoms with E-state index in [1.165, 1.54) is 0 Å². The Hall–Kier alpha value is -2.34. The van der Waals surface area contributed by atoms with Crippen LogP contribution in [0.15, 0.2) is 71.2 Å². The molecule has 7 heteroatoms. The van der Waals surface area contributed by atoms with Crippen molar-refractivity contribution in [3.05, 3.63) is 92.4 Å². The van der Waals surface area contributed by atoms with Gasteiger partial charge in [0.1, 0.15) is 0 Å². The molecular weight excluding hydrogens is 451 g/mol. The van der Waals surface area contributed by atoms with Gasteiger partial charge in [-0.2, -0.15) is 0 Å². The molecule has 0 bridgehead atoms. The Morgan fingerprint density at radius 3 is 1.96 bits per heavy atom. The third-order valence-electron chi connectivity index (χ3n) is 3.67. The summed E-state index contributed by atoms with van der Waals surface area (Å²) in [6.07, 6.45) is 0. The van der Waals surface area contributed by atoms with Gasteiger partial charge in [0.25, 0.3) is 11.8 Å². The lowest BCUT2D eigenvalue weighted by Crippen LogP contribution is -2.14. The van der Waals surface area contributed by atoms with Crippen LogP contribution in [0.25, 0.3) is 0 Å². The van der Waals surface area contributed by atoms with Crippen LogP contribution in [0.5, 0.6) is 0 Å². The van der Waals surface area contributed by atoms with Crippen molar-refractivity contribution in [3.63, 3.8) is 0 Å². The number of rotatable bonds is 4. The lowest BCUT2D eigenvalue weighted by molar-refractivity contribution is 0.101. The lowest BCUT2D eigenvalue weighted by Gasteiger charge is -2.10. The SMILES string of the molecule is O=C(Nc1cccc(NC(=O)c2cc(Br)ccc2Cl)c1)c1ccccc1Cl. The van der Waals surface area contributed by atoms with Crippen molar-refractivity contribution in [2.45, 2.75) is 0 Å². The number of benzene rings is 3. The molecule has 3 aromatic rings. The Labute approximate surface area is 174 Å². The van der Waals surface area contributed by atoms with Crippen LogP contribution in [0, 0.1) is 0 Å². The van der Waals surface area contributed by atoms with E-state index >= 15 is 0 Å². The number of carbonyl (C=O) groups is 2. The van der Waals surface area contributed by atoms with E-state index < -0.39 is 0 Å². The molecule has 0 unspecified atom stereocenters. The second-order valence-electron chi connectivity index (χ2n) is 5.59. The highest BCUT2D eigenvalue weighted by Gasteiger charge is 2.13. The van der Waals surface area contributed by atoms with Gasteiger partial charge in [-0.1, -0.05) is 57.3 Å². The molecule has 0 aliphatic rings. The van der Waals surface area contributed by atoms with E-state index in [4.69, 9.17) is 23.2 Å². The predicted molar refractivity (Wildman–Crippen MR) is 113 cm³/mol. The molecule has 3 rings (SSSR count). The molecule has 3 aromatic carbocycles. The van der Waals surface area contributed by atoms with Crippen molar-refractivity contribution in [2.24, 2.45) is 0 Å². The third-order valence-corrected chi connectivity index (χ3v) is 4.82. The van der Waals surface area contributed by atoms with E-state index in [0.29, 0.717) is 32.5 Å². The smallest absolute Gasteiger partial charge is 0.257 e. The number of nitrogens with one attached hydrogen (secondary N) is 2. The normalized spacial score (nSPS) is 10.3. The number of halogens is 3. The van der Waals surface area contributed by atoms with Crippen LogP contribution < -0.4 is 10.6 Å². The van der Waals surface area contributed by atoms with Gasteiger partial charge >= 0.3 is 0 Å². The molecule has 0 aliphatic heterocycles. The van der Waals surface area contributed by atoms with Gasteiger partial charge < -0.3 is 10.6 Å². The summed E-state index contributed by atoms with van der Waals surface area (Å²) >= 11 is 15.5. The fourth-order valence-corrected chi connectivity index (χ4v) is 3.17. The number of anilines is 2. The average Bonchev–Trinajstić information content (AvgIpc) is 2.64. The van der Waals surface area contributed by atoms with Gasteiger partial charge in [0.05, 0.1) is 21.2 Å². The van der Waals surface area contributed by atoms with E-state index in [0.717, 1.165) is 4.47 Å². The van der Waals surface area contributed by atoms with Gasteiger partial charge in [0.15, 0.2) is 0 Å². The Balaban J connectivity index is 1.76. The molecular formula is C20H13BrCl2N2O2. The molecule has 0 saturated heterocycles. The summed E-state index contributed by atoms with van der Waals surface area (Å²) in [4.78, 5) is 24.8. The maximum Gasteiger partial charge on any atom is 0.257 e. The van der Waals surface area contributed by atoms with Crippen molar-refractivity contribution in [1.29, 1.82) is 0 Å². The summed E-state index contributed by atoms with van der Waals surface area (Å²) in [5, 5.41) is 6.24. The zero-order valence-electron chi connectivity index (χ0n) is 13.8. The lowest BCUT2D eigenvalue weighted by atomic mass is 10.2. The van der Waals surface area contributed by atoms with Gasteiger partial charge in [-0.15, -0.1) is 0 Å².